The van der Waals surface area contributed by atoms with Crippen molar-refractivity contribution in [3.8, 4) is 0 Å². The standard InChI is InChI=1S/C20H23ClFN3O/c21-18-11-16(22)9-8-15(18)12-25-10-4-7-17(13-25)24-20(26)19(23)14-5-2-1-3-6-14/h1-3,5-6,8-9,11,17,19H,4,7,10,12-13,23H2,(H,24,26). The summed E-state index contributed by atoms with van der Waals surface area (Å²) < 4.78 is 13.2. The Hall–Kier alpha value is -1.95. The second kappa shape index (κ2) is 8.62. The van der Waals surface area contributed by atoms with E-state index < -0.39 is 6.04 Å². The number of nitrogens with zero attached hydrogens (tertiary/aromatic N) is 1. The number of nitrogens with one attached hydrogen (secondary N) is 1. The zero-order valence-corrected chi connectivity index (χ0v) is 15.3. The summed E-state index contributed by atoms with van der Waals surface area (Å²) in [6, 6.07) is 13.2. The number of hydrogen-bond donors (Lipinski definition) is 2. The zero-order valence-electron chi connectivity index (χ0n) is 14.5. The van der Waals surface area contributed by atoms with Gasteiger partial charge in [0, 0.05) is 24.2 Å². The Morgan fingerprint density at radius 2 is 2.08 bits per heavy atom. The fourth-order valence-electron chi connectivity index (χ4n) is 3.31. The predicted molar refractivity (Wildman–Crippen MR) is 101 cm³/mol. The molecule has 0 aromatic heterocycles. The quantitative estimate of drug-likeness (QED) is 0.843. The molecule has 1 aliphatic heterocycles. The maximum absolute atomic E-state index is 13.2. The summed E-state index contributed by atoms with van der Waals surface area (Å²) in [5, 5.41) is 3.49. The summed E-state index contributed by atoms with van der Waals surface area (Å²) in [5.74, 6) is -0.500. The summed E-state index contributed by atoms with van der Waals surface area (Å²) in [6.45, 7) is 2.28. The average molecular weight is 376 g/mol. The highest BCUT2D eigenvalue weighted by Gasteiger charge is 2.24. The van der Waals surface area contributed by atoms with E-state index in [0.29, 0.717) is 11.6 Å². The molecular weight excluding hydrogens is 353 g/mol. The molecule has 2 unspecified atom stereocenters. The first kappa shape index (κ1) is 18.8. The van der Waals surface area contributed by atoms with Gasteiger partial charge in [0.2, 0.25) is 5.91 Å². The van der Waals surface area contributed by atoms with Crippen molar-refractivity contribution in [1.82, 2.24) is 10.2 Å². The minimum atomic E-state index is -0.668. The van der Waals surface area contributed by atoms with E-state index in [2.05, 4.69) is 10.2 Å². The molecule has 1 fully saturated rings. The minimum absolute atomic E-state index is 0.0465. The van der Waals surface area contributed by atoms with Crippen LogP contribution in [0.15, 0.2) is 48.5 Å². The monoisotopic (exact) mass is 375 g/mol. The number of nitrogens with two attached hydrogens (primary N) is 1. The molecule has 4 nitrogen and oxygen atoms in total. The Morgan fingerprint density at radius 1 is 1.31 bits per heavy atom. The molecule has 2 aromatic carbocycles. The largest absolute Gasteiger partial charge is 0.350 e. The number of halogens is 2. The summed E-state index contributed by atoms with van der Waals surface area (Å²) in [5.41, 5.74) is 7.76. The van der Waals surface area contributed by atoms with Gasteiger partial charge in [-0.15, -0.1) is 0 Å². The normalized spacial score (nSPS) is 19.1. The first-order valence-corrected chi connectivity index (χ1v) is 9.18. The van der Waals surface area contributed by atoms with E-state index >= 15 is 0 Å². The molecule has 1 aliphatic rings. The van der Waals surface area contributed by atoms with Gasteiger partial charge in [0.25, 0.3) is 0 Å². The number of hydrogen-bond acceptors (Lipinski definition) is 3. The maximum Gasteiger partial charge on any atom is 0.241 e. The first-order valence-electron chi connectivity index (χ1n) is 8.80. The number of carbonyl (C=O) groups is 1. The van der Waals surface area contributed by atoms with Crippen molar-refractivity contribution in [2.45, 2.75) is 31.5 Å². The van der Waals surface area contributed by atoms with E-state index in [1.54, 1.807) is 6.07 Å². The molecule has 0 saturated carbocycles. The van der Waals surface area contributed by atoms with Crippen LogP contribution in [0.5, 0.6) is 0 Å². The molecule has 0 bridgehead atoms. The molecule has 0 radical (unpaired) electrons. The lowest BCUT2D eigenvalue weighted by atomic mass is 10.0. The molecule has 2 atom stereocenters. The Labute approximate surface area is 158 Å². The lowest BCUT2D eigenvalue weighted by Gasteiger charge is -2.33. The Bertz CT molecular complexity index is 756. The van der Waals surface area contributed by atoms with Gasteiger partial charge in [-0.3, -0.25) is 9.69 Å². The molecule has 3 N–H and O–H groups in total. The topological polar surface area (TPSA) is 58.4 Å². The van der Waals surface area contributed by atoms with Gasteiger partial charge >= 0.3 is 0 Å². The highest BCUT2D eigenvalue weighted by molar-refractivity contribution is 6.31. The number of benzene rings is 2. The van der Waals surface area contributed by atoms with Gasteiger partial charge in [-0.25, -0.2) is 4.39 Å². The van der Waals surface area contributed by atoms with Crippen LogP contribution < -0.4 is 11.1 Å². The number of likely N-dealkylation sites (tertiary alicyclic amines) is 1. The van der Waals surface area contributed by atoms with Crippen molar-refractivity contribution in [1.29, 1.82) is 0 Å². The molecule has 138 valence electrons. The van der Waals surface area contributed by atoms with E-state index in [9.17, 15) is 9.18 Å². The summed E-state index contributed by atoms with van der Waals surface area (Å²) >= 11 is 6.13. The highest BCUT2D eigenvalue weighted by atomic mass is 35.5. The molecule has 2 aromatic rings. The Kier molecular flexibility index (Phi) is 6.25. The molecule has 1 heterocycles. The van der Waals surface area contributed by atoms with Crippen LogP contribution in [0.3, 0.4) is 0 Å². The average Bonchev–Trinajstić information content (AvgIpc) is 2.64. The number of piperidine rings is 1. The lowest BCUT2D eigenvalue weighted by molar-refractivity contribution is -0.123. The molecule has 6 heteroatoms. The van der Waals surface area contributed by atoms with Crippen LogP contribution >= 0.6 is 11.6 Å². The third-order valence-corrected chi connectivity index (χ3v) is 5.05. The highest BCUT2D eigenvalue weighted by Crippen LogP contribution is 2.21. The zero-order chi connectivity index (χ0) is 18.5. The van der Waals surface area contributed by atoms with Crippen molar-refractivity contribution in [3.63, 3.8) is 0 Å². The Balaban J connectivity index is 1.57. The van der Waals surface area contributed by atoms with E-state index in [4.69, 9.17) is 17.3 Å². The van der Waals surface area contributed by atoms with Gasteiger partial charge in [0.15, 0.2) is 0 Å². The lowest BCUT2D eigenvalue weighted by Crippen LogP contribution is -2.49. The molecule has 26 heavy (non-hydrogen) atoms. The van der Waals surface area contributed by atoms with Gasteiger partial charge in [-0.2, -0.15) is 0 Å². The van der Waals surface area contributed by atoms with E-state index in [-0.39, 0.29) is 17.8 Å². The minimum Gasteiger partial charge on any atom is -0.350 e. The smallest absolute Gasteiger partial charge is 0.241 e. The number of carbonyl (C=O) groups excluding carboxylic acids is 1. The van der Waals surface area contributed by atoms with Crippen molar-refractivity contribution < 1.29 is 9.18 Å². The van der Waals surface area contributed by atoms with E-state index in [1.165, 1.54) is 12.1 Å². The molecule has 3 rings (SSSR count). The van der Waals surface area contributed by atoms with E-state index in [0.717, 1.165) is 37.1 Å². The van der Waals surface area contributed by atoms with Crippen molar-refractivity contribution in [2.75, 3.05) is 13.1 Å². The van der Waals surface area contributed by atoms with Gasteiger partial charge in [0.1, 0.15) is 11.9 Å². The predicted octanol–water partition coefficient (Wildman–Crippen LogP) is 3.26. The Morgan fingerprint density at radius 3 is 2.81 bits per heavy atom. The third kappa shape index (κ3) is 4.81. The summed E-state index contributed by atoms with van der Waals surface area (Å²) in [4.78, 5) is 14.7. The summed E-state index contributed by atoms with van der Waals surface area (Å²) in [7, 11) is 0. The summed E-state index contributed by atoms with van der Waals surface area (Å²) in [6.07, 6.45) is 1.89. The van der Waals surface area contributed by atoms with Crippen LogP contribution in [0, 0.1) is 5.82 Å². The fourth-order valence-corrected chi connectivity index (χ4v) is 3.54. The van der Waals surface area contributed by atoms with Gasteiger partial charge in [-0.05, 0) is 42.6 Å². The van der Waals surface area contributed by atoms with E-state index in [1.807, 2.05) is 30.3 Å². The maximum atomic E-state index is 13.2. The second-order valence-corrected chi connectivity index (χ2v) is 7.11. The molecule has 0 aliphatic carbocycles. The molecule has 1 amide bonds. The molecular formula is C20H23ClFN3O. The molecule has 0 spiro atoms. The van der Waals surface area contributed by atoms with Crippen LogP contribution in [-0.4, -0.2) is 29.9 Å². The van der Waals surface area contributed by atoms with Gasteiger partial charge < -0.3 is 11.1 Å². The van der Waals surface area contributed by atoms with Crippen LogP contribution in [0.25, 0.3) is 0 Å². The third-order valence-electron chi connectivity index (χ3n) is 4.70. The van der Waals surface area contributed by atoms with Crippen LogP contribution in [0.4, 0.5) is 4.39 Å². The number of amides is 1. The second-order valence-electron chi connectivity index (χ2n) is 6.71. The van der Waals surface area contributed by atoms with Crippen LogP contribution in [0.2, 0.25) is 5.02 Å². The SMILES string of the molecule is NC(C(=O)NC1CCCN(Cc2ccc(F)cc2Cl)C1)c1ccccc1. The van der Waals surface area contributed by atoms with Crippen molar-refractivity contribution in [3.05, 3.63) is 70.5 Å². The van der Waals surface area contributed by atoms with Crippen molar-refractivity contribution >= 4 is 17.5 Å². The van der Waals surface area contributed by atoms with Crippen LogP contribution in [-0.2, 0) is 11.3 Å². The first-order chi connectivity index (χ1) is 12.5. The molecule has 1 saturated heterocycles. The van der Waals surface area contributed by atoms with Crippen molar-refractivity contribution in [2.24, 2.45) is 5.73 Å². The fraction of sp³-hybridized carbons (Fsp3) is 0.350. The van der Waals surface area contributed by atoms with Gasteiger partial charge in [0.05, 0.1) is 0 Å². The van der Waals surface area contributed by atoms with Gasteiger partial charge in [-0.1, -0.05) is 48.0 Å². The van der Waals surface area contributed by atoms with Crippen LogP contribution in [0.1, 0.15) is 30.0 Å². The number of rotatable bonds is 5.